The van der Waals surface area contributed by atoms with Gasteiger partial charge in [-0.25, -0.2) is 19.2 Å². The number of aromatic hydroxyl groups is 1. The Morgan fingerprint density at radius 3 is 2.51 bits per heavy atom. The third kappa shape index (κ3) is 6.14. The van der Waals surface area contributed by atoms with E-state index < -0.39 is 23.8 Å². The molecule has 5 rings (SSSR count). The Labute approximate surface area is 238 Å². The van der Waals surface area contributed by atoms with Gasteiger partial charge in [0.1, 0.15) is 29.6 Å². The van der Waals surface area contributed by atoms with Crippen LogP contribution in [0.15, 0.2) is 79.4 Å². The maximum atomic E-state index is 14.7. The molecule has 2 aliphatic heterocycles. The van der Waals surface area contributed by atoms with Crippen molar-refractivity contribution < 1.29 is 23.5 Å². The van der Waals surface area contributed by atoms with Crippen molar-refractivity contribution in [1.29, 1.82) is 0 Å². The van der Waals surface area contributed by atoms with Gasteiger partial charge in [-0.15, -0.1) is 6.58 Å². The van der Waals surface area contributed by atoms with Gasteiger partial charge < -0.3 is 14.9 Å². The monoisotopic (exact) mass is 561 g/mol. The first-order valence-corrected chi connectivity index (χ1v) is 13.5. The van der Waals surface area contributed by atoms with Gasteiger partial charge in [-0.05, 0) is 41.8 Å². The number of nitrogens with one attached hydrogen (secondary N) is 1. The minimum atomic E-state index is -0.875. The summed E-state index contributed by atoms with van der Waals surface area (Å²) in [4.78, 5) is 30.8. The molecular weight excluding hydrogens is 528 g/mol. The number of rotatable bonds is 9. The number of hydrogen-bond acceptors (Lipinski definition) is 6. The normalized spacial score (nSPS) is 19.9. The number of carbonyl (C=O) groups is 2. The van der Waals surface area contributed by atoms with Gasteiger partial charge >= 0.3 is 0 Å². The van der Waals surface area contributed by atoms with Crippen LogP contribution < -0.4 is 5.43 Å². The van der Waals surface area contributed by atoms with E-state index in [0.29, 0.717) is 13.1 Å². The lowest BCUT2D eigenvalue weighted by Crippen LogP contribution is -2.77. The van der Waals surface area contributed by atoms with E-state index in [1.807, 2.05) is 47.4 Å². The van der Waals surface area contributed by atoms with Gasteiger partial charge in [0.2, 0.25) is 11.8 Å². The van der Waals surface area contributed by atoms with Crippen LogP contribution in [-0.4, -0.2) is 68.7 Å². The second-order valence-corrected chi connectivity index (χ2v) is 10.4. The third-order valence-corrected chi connectivity index (χ3v) is 7.57. The zero-order valence-corrected chi connectivity index (χ0v) is 22.8. The van der Waals surface area contributed by atoms with Crippen molar-refractivity contribution in [1.82, 2.24) is 25.4 Å². The zero-order chi connectivity index (χ0) is 29.1. The SMILES string of the molecule is C=CCN1CC(=O)N2[C@@H](Cc3ccc(O)cc3C)C(=O)N(Cc3ccc(F)cc3F)C[C@@H]2N1NCc1ccccc1. The molecule has 2 heterocycles. The van der Waals surface area contributed by atoms with Gasteiger partial charge in [0.15, 0.2) is 0 Å². The topological polar surface area (TPSA) is 79.4 Å². The van der Waals surface area contributed by atoms with Crippen LogP contribution in [0.4, 0.5) is 8.78 Å². The molecule has 0 bridgehead atoms. The summed E-state index contributed by atoms with van der Waals surface area (Å²) in [7, 11) is 0. The number of aryl methyl sites for hydroxylation is 1. The Kier molecular flexibility index (Phi) is 8.44. The Morgan fingerprint density at radius 1 is 1.05 bits per heavy atom. The molecule has 41 heavy (non-hydrogen) atoms. The summed E-state index contributed by atoms with van der Waals surface area (Å²) in [5, 5.41) is 13.6. The predicted molar refractivity (Wildman–Crippen MR) is 150 cm³/mol. The van der Waals surface area contributed by atoms with Gasteiger partial charge in [0.25, 0.3) is 0 Å². The summed E-state index contributed by atoms with van der Waals surface area (Å²) in [5.41, 5.74) is 6.24. The number of hydrogen-bond donors (Lipinski definition) is 2. The number of benzene rings is 3. The number of halogens is 2. The number of piperazine rings is 1. The van der Waals surface area contributed by atoms with E-state index in [-0.39, 0.29) is 49.2 Å². The van der Waals surface area contributed by atoms with E-state index in [0.717, 1.165) is 22.8 Å². The molecule has 0 unspecified atom stereocenters. The van der Waals surface area contributed by atoms with Crippen LogP contribution in [0, 0.1) is 18.6 Å². The molecule has 3 aromatic rings. The summed E-state index contributed by atoms with van der Waals surface area (Å²) < 4.78 is 28.3. The molecule has 2 aliphatic rings. The molecule has 3 aromatic carbocycles. The van der Waals surface area contributed by atoms with Crippen molar-refractivity contribution in [2.75, 3.05) is 19.6 Å². The number of hydrazine groups is 2. The quantitative estimate of drug-likeness (QED) is 0.390. The van der Waals surface area contributed by atoms with Gasteiger partial charge in [-0.3, -0.25) is 9.59 Å². The average Bonchev–Trinajstić information content (AvgIpc) is 2.94. The fourth-order valence-electron chi connectivity index (χ4n) is 5.53. The molecule has 0 aliphatic carbocycles. The lowest BCUT2D eigenvalue weighted by Gasteiger charge is -2.55. The standard InChI is InChI=1S/C31H33F2N5O3/c1-3-13-36-20-30(40)37-28(15-23-10-12-26(39)14-21(23)2)31(41)35(18-24-9-11-25(32)16-27(24)33)19-29(37)38(36)34-17-22-7-5-4-6-8-22/h3-12,14,16,28-29,34,39H,1,13,15,17-20H2,2H3/t28-,29-/m0/s1. The first-order valence-electron chi connectivity index (χ1n) is 13.5. The summed E-state index contributed by atoms with van der Waals surface area (Å²) in [6, 6.07) is 17.1. The molecule has 2 saturated heterocycles. The van der Waals surface area contributed by atoms with Crippen molar-refractivity contribution in [2.24, 2.45) is 0 Å². The lowest BCUT2D eigenvalue weighted by atomic mass is 9.95. The highest BCUT2D eigenvalue weighted by Gasteiger charge is 2.50. The first-order chi connectivity index (χ1) is 19.7. The number of phenols is 1. The Balaban J connectivity index is 1.52. The van der Waals surface area contributed by atoms with Crippen molar-refractivity contribution in [3.05, 3.63) is 113 Å². The van der Waals surface area contributed by atoms with Crippen LogP contribution in [0.2, 0.25) is 0 Å². The molecule has 2 N–H and O–H groups in total. The molecule has 0 spiro atoms. The van der Waals surface area contributed by atoms with Gasteiger partial charge in [0, 0.05) is 37.7 Å². The van der Waals surface area contributed by atoms with E-state index in [2.05, 4.69) is 12.0 Å². The maximum absolute atomic E-state index is 14.7. The fourth-order valence-corrected chi connectivity index (χ4v) is 5.53. The van der Waals surface area contributed by atoms with Crippen LogP contribution in [0.1, 0.15) is 22.3 Å². The summed E-state index contributed by atoms with van der Waals surface area (Å²) in [5.74, 6) is -1.86. The predicted octanol–water partition coefficient (Wildman–Crippen LogP) is 3.51. The van der Waals surface area contributed by atoms with Crippen molar-refractivity contribution in [3.63, 3.8) is 0 Å². The Bertz CT molecular complexity index is 1440. The molecule has 2 fully saturated rings. The van der Waals surface area contributed by atoms with Crippen LogP contribution >= 0.6 is 0 Å². The smallest absolute Gasteiger partial charge is 0.246 e. The minimum Gasteiger partial charge on any atom is -0.508 e. The van der Waals surface area contributed by atoms with Crippen LogP contribution in [0.3, 0.4) is 0 Å². The van der Waals surface area contributed by atoms with Gasteiger partial charge in [-0.2, -0.15) is 5.12 Å². The van der Waals surface area contributed by atoms with Crippen LogP contribution in [0.5, 0.6) is 5.75 Å². The third-order valence-electron chi connectivity index (χ3n) is 7.57. The van der Waals surface area contributed by atoms with E-state index in [1.165, 1.54) is 17.0 Å². The molecule has 2 atom stereocenters. The molecule has 2 amide bonds. The maximum Gasteiger partial charge on any atom is 0.246 e. The number of fused-ring (bicyclic) bond motifs is 1. The van der Waals surface area contributed by atoms with E-state index in [1.54, 1.807) is 29.2 Å². The zero-order valence-electron chi connectivity index (χ0n) is 22.8. The average molecular weight is 562 g/mol. The lowest BCUT2D eigenvalue weighted by molar-refractivity contribution is -0.217. The first kappa shape index (κ1) is 28.4. The second kappa shape index (κ2) is 12.2. The summed E-state index contributed by atoms with van der Waals surface area (Å²) in [6.07, 6.45) is 1.31. The largest absolute Gasteiger partial charge is 0.508 e. The number of amides is 2. The van der Waals surface area contributed by atoms with Crippen molar-refractivity contribution in [3.8, 4) is 5.75 Å². The summed E-state index contributed by atoms with van der Waals surface area (Å²) in [6.45, 7) is 6.59. The number of phenolic OH excluding ortho intramolecular Hbond substituents is 1. The van der Waals surface area contributed by atoms with Crippen molar-refractivity contribution >= 4 is 11.8 Å². The van der Waals surface area contributed by atoms with Gasteiger partial charge in [0.05, 0.1) is 13.1 Å². The molecule has 0 radical (unpaired) electrons. The fraction of sp³-hybridized carbons (Fsp3) is 0.290. The highest BCUT2D eigenvalue weighted by Crippen LogP contribution is 2.30. The van der Waals surface area contributed by atoms with Crippen LogP contribution in [0.25, 0.3) is 0 Å². The van der Waals surface area contributed by atoms with E-state index >= 15 is 0 Å². The highest BCUT2D eigenvalue weighted by molar-refractivity contribution is 5.90. The second-order valence-electron chi connectivity index (χ2n) is 10.4. The highest BCUT2D eigenvalue weighted by atomic mass is 19.1. The van der Waals surface area contributed by atoms with Gasteiger partial charge in [-0.1, -0.05) is 48.5 Å². The Morgan fingerprint density at radius 2 is 1.80 bits per heavy atom. The van der Waals surface area contributed by atoms with E-state index in [9.17, 15) is 23.5 Å². The summed E-state index contributed by atoms with van der Waals surface area (Å²) >= 11 is 0. The molecule has 0 aromatic heterocycles. The minimum absolute atomic E-state index is 0.0369. The molecule has 0 saturated carbocycles. The number of carbonyl (C=O) groups excluding carboxylic acids is 2. The molecule has 214 valence electrons. The Hall–Kier alpha value is -4.12. The molecule has 8 nitrogen and oxygen atoms in total. The number of nitrogens with zero attached hydrogens (tertiary/aromatic N) is 4. The molecular formula is C31H33F2N5O3. The molecule has 10 heteroatoms. The van der Waals surface area contributed by atoms with Crippen LogP contribution in [-0.2, 0) is 29.1 Å². The van der Waals surface area contributed by atoms with Crippen molar-refractivity contribution in [2.45, 2.75) is 38.6 Å². The van der Waals surface area contributed by atoms with E-state index in [4.69, 9.17) is 0 Å².